The molecule has 1 unspecified atom stereocenters. The van der Waals surface area contributed by atoms with Gasteiger partial charge in [-0.3, -0.25) is 4.90 Å². The number of ether oxygens (including phenoxy) is 2. The first-order chi connectivity index (χ1) is 9.61. The summed E-state index contributed by atoms with van der Waals surface area (Å²) < 4.78 is 10.6. The van der Waals surface area contributed by atoms with Crippen LogP contribution in [-0.2, 0) is 16.0 Å². The van der Waals surface area contributed by atoms with E-state index < -0.39 is 6.10 Å². The highest BCUT2D eigenvalue weighted by molar-refractivity contribution is 5.14. The van der Waals surface area contributed by atoms with Crippen LogP contribution in [0.2, 0.25) is 0 Å². The number of hydrogen-bond donors (Lipinski definition) is 1. The highest BCUT2D eigenvalue weighted by Crippen LogP contribution is 2.06. The van der Waals surface area contributed by atoms with Crippen LogP contribution in [0.4, 0.5) is 0 Å². The Morgan fingerprint density at radius 3 is 2.50 bits per heavy atom. The van der Waals surface area contributed by atoms with E-state index in [1.54, 1.807) is 7.11 Å². The predicted molar refractivity (Wildman–Crippen MR) is 80.7 cm³/mol. The van der Waals surface area contributed by atoms with Gasteiger partial charge in [0.15, 0.2) is 0 Å². The zero-order valence-electron chi connectivity index (χ0n) is 12.8. The fourth-order valence-electron chi connectivity index (χ4n) is 1.95. The van der Waals surface area contributed by atoms with Crippen molar-refractivity contribution in [1.82, 2.24) is 4.90 Å². The zero-order chi connectivity index (χ0) is 14.8. The first kappa shape index (κ1) is 17.1. The molecule has 1 aromatic carbocycles. The summed E-state index contributed by atoms with van der Waals surface area (Å²) in [7, 11) is 1.69. The van der Waals surface area contributed by atoms with Crippen LogP contribution in [0.25, 0.3) is 0 Å². The molecule has 20 heavy (non-hydrogen) atoms. The van der Waals surface area contributed by atoms with Crippen molar-refractivity contribution in [2.24, 2.45) is 0 Å². The molecule has 1 atom stereocenters. The summed E-state index contributed by atoms with van der Waals surface area (Å²) in [6, 6.07) is 10.3. The van der Waals surface area contributed by atoms with E-state index in [1.165, 1.54) is 5.56 Å². The molecule has 1 N–H and O–H groups in total. The number of hydrogen-bond acceptors (Lipinski definition) is 4. The van der Waals surface area contributed by atoms with Crippen molar-refractivity contribution < 1.29 is 14.6 Å². The van der Waals surface area contributed by atoms with E-state index in [1.807, 2.05) is 32.0 Å². The number of aliphatic hydroxyl groups is 1. The molecular weight excluding hydrogens is 254 g/mol. The van der Waals surface area contributed by atoms with Crippen LogP contribution in [0.1, 0.15) is 19.4 Å². The second-order valence-electron chi connectivity index (χ2n) is 5.25. The van der Waals surface area contributed by atoms with Crippen LogP contribution >= 0.6 is 0 Å². The maximum Gasteiger partial charge on any atom is 0.0900 e. The van der Waals surface area contributed by atoms with Crippen molar-refractivity contribution >= 4 is 0 Å². The SMILES string of the molecule is COCCN(Cc1ccccc1)CC(O)COC(C)C. The van der Waals surface area contributed by atoms with E-state index in [0.29, 0.717) is 19.8 Å². The Morgan fingerprint density at radius 1 is 1.20 bits per heavy atom. The average Bonchev–Trinajstić information content (AvgIpc) is 2.43. The second-order valence-corrected chi connectivity index (χ2v) is 5.25. The lowest BCUT2D eigenvalue weighted by Crippen LogP contribution is -2.37. The highest BCUT2D eigenvalue weighted by atomic mass is 16.5. The van der Waals surface area contributed by atoms with Gasteiger partial charge < -0.3 is 14.6 Å². The molecular formula is C16H27NO3. The Morgan fingerprint density at radius 2 is 1.90 bits per heavy atom. The Kier molecular flexibility index (Phi) is 8.46. The van der Waals surface area contributed by atoms with E-state index >= 15 is 0 Å². The smallest absolute Gasteiger partial charge is 0.0900 e. The third-order valence-electron chi connectivity index (χ3n) is 2.95. The van der Waals surface area contributed by atoms with Crippen molar-refractivity contribution in [3.8, 4) is 0 Å². The molecule has 0 radical (unpaired) electrons. The molecule has 0 heterocycles. The molecule has 114 valence electrons. The fourth-order valence-corrected chi connectivity index (χ4v) is 1.95. The number of methoxy groups -OCH3 is 1. The Hall–Kier alpha value is -0.940. The number of nitrogens with zero attached hydrogens (tertiary/aromatic N) is 1. The third-order valence-corrected chi connectivity index (χ3v) is 2.95. The topological polar surface area (TPSA) is 41.9 Å². The summed E-state index contributed by atoms with van der Waals surface area (Å²) in [5.74, 6) is 0. The summed E-state index contributed by atoms with van der Waals surface area (Å²) in [5.41, 5.74) is 1.24. The van der Waals surface area contributed by atoms with Gasteiger partial charge in [0.05, 0.1) is 25.4 Å². The van der Waals surface area contributed by atoms with E-state index in [2.05, 4.69) is 17.0 Å². The van der Waals surface area contributed by atoms with Crippen molar-refractivity contribution in [3.05, 3.63) is 35.9 Å². The van der Waals surface area contributed by atoms with E-state index in [0.717, 1.165) is 13.1 Å². The standard InChI is InChI=1S/C16H27NO3/c1-14(2)20-13-16(18)12-17(9-10-19-3)11-15-7-5-4-6-8-15/h4-8,14,16,18H,9-13H2,1-3H3. The maximum absolute atomic E-state index is 10.0. The van der Waals surface area contributed by atoms with E-state index in [-0.39, 0.29) is 6.10 Å². The van der Waals surface area contributed by atoms with Crippen LogP contribution < -0.4 is 0 Å². The van der Waals surface area contributed by atoms with Crippen LogP contribution in [0.5, 0.6) is 0 Å². The van der Waals surface area contributed by atoms with Crippen molar-refractivity contribution in [3.63, 3.8) is 0 Å². The zero-order valence-corrected chi connectivity index (χ0v) is 12.8. The van der Waals surface area contributed by atoms with Gasteiger partial charge in [-0.1, -0.05) is 30.3 Å². The van der Waals surface area contributed by atoms with Crippen LogP contribution in [-0.4, -0.2) is 55.6 Å². The molecule has 4 nitrogen and oxygen atoms in total. The van der Waals surface area contributed by atoms with E-state index in [9.17, 15) is 5.11 Å². The highest BCUT2D eigenvalue weighted by Gasteiger charge is 2.13. The number of rotatable bonds is 10. The minimum Gasteiger partial charge on any atom is -0.389 e. The molecule has 0 aliphatic rings. The summed E-state index contributed by atoms with van der Waals surface area (Å²) >= 11 is 0. The Balaban J connectivity index is 2.46. The Labute approximate surface area is 122 Å². The Bertz CT molecular complexity index is 343. The van der Waals surface area contributed by atoms with Gasteiger partial charge in [0.25, 0.3) is 0 Å². The molecule has 1 aromatic rings. The first-order valence-electron chi connectivity index (χ1n) is 7.16. The summed E-state index contributed by atoms with van der Waals surface area (Å²) in [6.45, 7) is 7.16. The maximum atomic E-state index is 10.0. The van der Waals surface area contributed by atoms with Crippen molar-refractivity contribution in [2.45, 2.75) is 32.6 Å². The molecule has 0 aliphatic heterocycles. The predicted octanol–water partition coefficient (Wildman–Crippen LogP) is 1.92. The fraction of sp³-hybridized carbons (Fsp3) is 0.625. The molecule has 4 heteroatoms. The number of aliphatic hydroxyl groups excluding tert-OH is 1. The molecule has 0 saturated heterocycles. The third kappa shape index (κ3) is 7.60. The summed E-state index contributed by atoms with van der Waals surface area (Å²) in [4.78, 5) is 2.19. The summed E-state index contributed by atoms with van der Waals surface area (Å²) in [5, 5.41) is 10.0. The van der Waals surface area contributed by atoms with Gasteiger partial charge in [-0.05, 0) is 19.4 Å². The monoisotopic (exact) mass is 281 g/mol. The molecule has 0 saturated carbocycles. The minimum absolute atomic E-state index is 0.145. The van der Waals surface area contributed by atoms with Gasteiger partial charge >= 0.3 is 0 Å². The average molecular weight is 281 g/mol. The van der Waals surface area contributed by atoms with Gasteiger partial charge in [0.1, 0.15) is 0 Å². The molecule has 1 rings (SSSR count). The lowest BCUT2D eigenvalue weighted by Gasteiger charge is -2.25. The molecule has 0 bridgehead atoms. The quantitative estimate of drug-likeness (QED) is 0.711. The lowest BCUT2D eigenvalue weighted by molar-refractivity contribution is -0.0121. The minimum atomic E-state index is -0.474. The van der Waals surface area contributed by atoms with E-state index in [4.69, 9.17) is 9.47 Å². The molecule has 0 fully saturated rings. The molecule has 0 aromatic heterocycles. The largest absolute Gasteiger partial charge is 0.389 e. The lowest BCUT2D eigenvalue weighted by atomic mass is 10.2. The number of benzene rings is 1. The molecule has 0 amide bonds. The van der Waals surface area contributed by atoms with Crippen LogP contribution in [0, 0.1) is 0 Å². The molecule has 0 spiro atoms. The van der Waals surface area contributed by atoms with Gasteiger partial charge in [0, 0.05) is 26.7 Å². The second kappa shape index (κ2) is 9.88. The van der Waals surface area contributed by atoms with Gasteiger partial charge in [0.2, 0.25) is 0 Å². The van der Waals surface area contributed by atoms with Gasteiger partial charge in [-0.2, -0.15) is 0 Å². The normalized spacial score (nSPS) is 13.1. The summed E-state index contributed by atoms with van der Waals surface area (Å²) in [6.07, 6.45) is -0.329. The van der Waals surface area contributed by atoms with Crippen molar-refractivity contribution in [1.29, 1.82) is 0 Å². The van der Waals surface area contributed by atoms with Crippen LogP contribution in [0.3, 0.4) is 0 Å². The molecule has 0 aliphatic carbocycles. The van der Waals surface area contributed by atoms with Crippen LogP contribution in [0.15, 0.2) is 30.3 Å². The van der Waals surface area contributed by atoms with Crippen molar-refractivity contribution in [2.75, 3.05) is 33.4 Å². The van der Waals surface area contributed by atoms with Gasteiger partial charge in [-0.15, -0.1) is 0 Å². The van der Waals surface area contributed by atoms with Gasteiger partial charge in [-0.25, -0.2) is 0 Å². The first-order valence-corrected chi connectivity index (χ1v) is 7.16.